The molecule has 0 aliphatic carbocycles. The number of carbonyl (C=O) groups excluding carboxylic acids is 2. The summed E-state index contributed by atoms with van der Waals surface area (Å²) in [5, 5.41) is 0. The van der Waals surface area contributed by atoms with E-state index in [1.54, 1.807) is 19.2 Å². The molecule has 372 valence electrons. The van der Waals surface area contributed by atoms with Gasteiger partial charge in [-0.15, -0.1) is 0 Å². The lowest BCUT2D eigenvalue weighted by Crippen LogP contribution is -2.16. The van der Waals surface area contributed by atoms with Crippen LogP contribution in [0.15, 0.2) is 243 Å². The molecule has 9 heteroatoms. The zero-order valence-corrected chi connectivity index (χ0v) is 41.8. The summed E-state index contributed by atoms with van der Waals surface area (Å²) in [4.78, 5) is 27.7. The van der Waals surface area contributed by atoms with Gasteiger partial charge in [-0.1, -0.05) is 146 Å². The minimum atomic E-state index is -0.842. The zero-order valence-electron chi connectivity index (χ0n) is 41.8. The first-order valence-corrected chi connectivity index (χ1v) is 24.7. The van der Waals surface area contributed by atoms with Crippen LogP contribution in [0.3, 0.4) is 0 Å². The van der Waals surface area contributed by atoms with Gasteiger partial charge in [0.1, 0.15) is 24.7 Å². The maximum Gasteiger partial charge on any atom is 0.513 e. The van der Waals surface area contributed by atoms with E-state index in [1.165, 1.54) is 6.92 Å². The monoisotopic (exact) mass is 988 g/mol. The number of rotatable bonds is 20. The van der Waals surface area contributed by atoms with Crippen LogP contribution in [0.5, 0.6) is 11.5 Å². The van der Waals surface area contributed by atoms with Crippen LogP contribution in [0.4, 0.5) is 38.9 Å². The third-order valence-electron chi connectivity index (χ3n) is 12.2. The Kier molecular flexibility index (Phi) is 17.0. The summed E-state index contributed by atoms with van der Waals surface area (Å²) in [6.07, 6.45) is 3.66. The molecule has 0 aliphatic heterocycles. The summed E-state index contributed by atoms with van der Waals surface area (Å²) in [7, 11) is 1.68. The lowest BCUT2D eigenvalue weighted by molar-refractivity contribution is -0.142. The molecule has 9 nitrogen and oxygen atoms in total. The molecule has 0 radical (unpaired) electrons. The molecule has 0 bridgehead atoms. The van der Waals surface area contributed by atoms with Crippen LogP contribution in [0, 0.1) is 0 Å². The molecule has 0 heterocycles. The predicted octanol–water partition coefficient (Wildman–Crippen LogP) is 15.9. The van der Waals surface area contributed by atoms with Crippen molar-refractivity contribution in [3.8, 4) is 11.5 Å². The second-order valence-corrected chi connectivity index (χ2v) is 17.3. The first-order chi connectivity index (χ1) is 36.9. The van der Waals surface area contributed by atoms with Crippen LogP contribution >= 0.6 is 0 Å². The fourth-order valence-electron chi connectivity index (χ4n) is 8.60. The molecule has 0 atom stereocenters. The largest absolute Gasteiger partial charge is 0.513 e. The van der Waals surface area contributed by atoms with Gasteiger partial charge in [-0.25, -0.2) is 4.79 Å². The Morgan fingerprint density at radius 3 is 1.09 bits per heavy atom. The number of hydrogen-bond donors (Lipinski definition) is 0. The second kappa shape index (κ2) is 25.3. The van der Waals surface area contributed by atoms with E-state index in [2.05, 4.69) is 198 Å². The first-order valence-electron chi connectivity index (χ1n) is 24.7. The topological polar surface area (TPSA) is 86.8 Å². The second-order valence-electron chi connectivity index (χ2n) is 17.3. The van der Waals surface area contributed by atoms with Crippen molar-refractivity contribution in [2.24, 2.45) is 0 Å². The predicted molar refractivity (Wildman–Crippen MR) is 302 cm³/mol. The molecule has 9 rings (SSSR count). The van der Waals surface area contributed by atoms with E-state index in [-0.39, 0.29) is 32.4 Å². The maximum absolute atomic E-state index is 12.4. The summed E-state index contributed by atoms with van der Waals surface area (Å²) in [6.45, 7) is 1.81. The van der Waals surface area contributed by atoms with Gasteiger partial charge in [-0.3, -0.25) is 4.79 Å². The van der Waals surface area contributed by atoms with Crippen molar-refractivity contribution in [2.75, 3.05) is 43.3 Å². The smallest absolute Gasteiger partial charge is 0.497 e. The van der Waals surface area contributed by atoms with E-state index >= 15 is 0 Å². The minimum Gasteiger partial charge on any atom is -0.497 e. The number of nitrogens with zero attached hydrogens (tertiary/aromatic N) is 2. The number of hydrogen-bond acceptors (Lipinski definition) is 9. The minimum absolute atomic E-state index is 0.00348. The molecule has 0 saturated heterocycles. The van der Waals surface area contributed by atoms with Crippen LogP contribution < -0.4 is 19.3 Å². The maximum atomic E-state index is 12.4. The standard InChI is InChI=1S/C66H56N2O7/c1-49(69)73-45-43-72-44-46-74-66(70)75-63-41-37-61(38-42-63)68(57-21-13-6-14-22-57)59-33-25-51(26-34-59)48-65(53-17-9-4-10-18-53)55-29-27-54(28-30-55)64(52-15-7-3-8-16-52)47-50-23-31-58(32-24-50)67(56-19-11-5-12-20-56)60-35-39-62(71-2)40-36-60/h3-42,47-48H,43-46H2,1-2H3/b64-47+,65-48+. The molecule has 0 spiro atoms. The van der Waals surface area contributed by atoms with E-state index in [0.29, 0.717) is 5.75 Å². The molecule has 0 unspecified atom stereocenters. The molecule has 9 aromatic rings. The van der Waals surface area contributed by atoms with Gasteiger partial charge in [0.05, 0.1) is 20.3 Å². The molecular weight excluding hydrogens is 933 g/mol. The number of methoxy groups -OCH3 is 1. The number of esters is 1. The third-order valence-corrected chi connectivity index (χ3v) is 12.2. The summed E-state index contributed by atoms with van der Waals surface area (Å²) < 4.78 is 26.2. The van der Waals surface area contributed by atoms with Crippen molar-refractivity contribution >= 4 is 69.5 Å². The van der Waals surface area contributed by atoms with E-state index in [9.17, 15) is 9.59 Å². The van der Waals surface area contributed by atoms with Gasteiger partial charge in [-0.05, 0) is 154 Å². The molecular formula is C66H56N2O7. The van der Waals surface area contributed by atoms with Crippen molar-refractivity contribution < 1.29 is 33.3 Å². The quantitative estimate of drug-likeness (QED) is 0.0321. The van der Waals surface area contributed by atoms with Gasteiger partial charge in [0.15, 0.2) is 0 Å². The van der Waals surface area contributed by atoms with Gasteiger partial charge in [0.25, 0.3) is 0 Å². The Bertz CT molecular complexity index is 3290. The van der Waals surface area contributed by atoms with Gasteiger partial charge >= 0.3 is 12.1 Å². The highest BCUT2D eigenvalue weighted by atomic mass is 16.7. The molecule has 9 aromatic carbocycles. The number of benzene rings is 9. The Morgan fingerprint density at radius 1 is 0.373 bits per heavy atom. The SMILES string of the molecule is COc1ccc(N(c2ccccc2)c2ccc(/C=C(\c3ccccc3)c3ccc(/C(=C/c4ccc(N(c5ccccc5)c5ccc(OC(=O)OCCOCCOC(C)=O)cc5)cc4)c4ccccc4)cc3)cc2)cc1. The Hall–Kier alpha value is -9.44. The summed E-state index contributed by atoms with van der Waals surface area (Å²) in [5.74, 6) is 0.771. The highest BCUT2D eigenvalue weighted by Crippen LogP contribution is 2.38. The fraction of sp³-hybridized carbons (Fsp3) is 0.0909. The molecule has 75 heavy (non-hydrogen) atoms. The molecule has 0 saturated carbocycles. The average Bonchev–Trinajstić information content (AvgIpc) is 3.46. The van der Waals surface area contributed by atoms with Crippen molar-refractivity contribution in [3.05, 3.63) is 276 Å². The van der Waals surface area contributed by atoms with Gasteiger partial charge in [-0.2, -0.15) is 0 Å². The van der Waals surface area contributed by atoms with Crippen molar-refractivity contribution in [1.29, 1.82) is 0 Å². The highest BCUT2D eigenvalue weighted by Gasteiger charge is 2.16. The van der Waals surface area contributed by atoms with Crippen LogP contribution in [0.25, 0.3) is 23.3 Å². The van der Waals surface area contributed by atoms with E-state index < -0.39 is 6.16 Å². The fourth-order valence-corrected chi connectivity index (χ4v) is 8.60. The number of carbonyl (C=O) groups is 2. The Morgan fingerprint density at radius 2 is 0.707 bits per heavy atom. The Balaban J connectivity index is 0.954. The lowest BCUT2D eigenvalue weighted by Gasteiger charge is -2.25. The van der Waals surface area contributed by atoms with Gasteiger partial charge in [0.2, 0.25) is 0 Å². The highest BCUT2D eigenvalue weighted by molar-refractivity contribution is 5.95. The van der Waals surface area contributed by atoms with Crippen LogP contribution in [0.2, 0.25) is 0 Å². The van der Waals surface area contributed by atoms with Crippen molar-refractivity contribution in [2.45, 2.75) is 6.92 Å². The number of anilines is 6. The van der Waals surface area contributed by atoms with Gasteiger partial charge < -0.3 is 33.5 Å². The van der Waals surface area contributed by atoms with E-state index in [1.807, 2.05) is 54.6 Å². The summed E-state index contributed by atoms with van der Waals surface area (Å²) >= 11 is 0. The molecule has 0 amide bonds. The van der Waals surface area contributed by atoms with E-state index in [4.69, 9.17) is 23.7 Å². The van der Waals surface area contributed by atoms with Crippen LogP contribution in [-0.2, 0) is 19.0 Å². The number of ether oxygens (including phenoxy) is 5. The normalized spacial score (nSPS) is 11.3. The van der Waals surface area contributed by atoms with Crippen molar-refractivity contribution in [1.82, 2.24) is 0 Å². The third kappa shape index (κ3) is 13.5. The first kappa shape index (κ1) is 50.5. The van der Waals surface area contributed by atoms with Gasteiger partial charge in [0, 0.05) is 41.0 Å². The molecule has 0 aromatic heterocycles. The lowest BCUT2D eigenvalue weighted by atomic mass is 9.91. The molecule has 0 fully saturated rings. The molecule has 0 aliphatic rings. The summed E-state index contributed by atoms with van der Waals surface area (Å²) in [5.41, 5.74) is 14.7. The number of para-hydroxylation sites is 2. The Labute approximate surface area is 438 Å². The van der Waals surface area contributed by atoms with Crippen LogP contribution in [0.1, 0.15) is 40.3 Å². The zero-order chi connectivity index (χ0) is 51.6. The summed E-state index contributed by atoms with van der Waals surface area (Å²) in [6, 6.07) is 83.0. The average molecular weight is 989 g/mol. The van der Waals surface area contributed by atoms with Crippen molar-refractivity contribution in [3.63, 3.8) is 0 Å². The molecule has 0 N–H and O–H groups in total. The van der Waals surface area contributed by atoms with E-state index in [0.717, 1.165) is 84.4 Å². The van der Waals surface area contributed by atoms with Crippen LogP contribution in [-0.4, -0.2) is 45.7 Å².